The fourth-order valence-electron chi connectivity index (χ4n) is 1.52. The minimum absolute atomic E-state index is 0.578. The number of aryl methyl sites for hydroxylation is 1. The van der Waals surface area contributed by atoms with Gasteiger partial charge in [0.15, 0.2) is 0 Å². The van der Waals surface area contributed by atoms with Crippen LogP contribution in [0.1, 0.15) is 12.5 Å². The van der Waals surface area contributed by atoms with Crippen molar-refractivity contribution in [3.05, 3.63) is 42.2 Å². The van der Waals surface area contributed by atoms with Crippen LogP contribution in [0.5, 0.6) is 0 Å². The molecule has 0 unspecified atom stereocenters. The van der Waals surface area contributed by atoms with Crippen LogP contribution in [-0.2, 0) is 6.42 Å². The summed E-state index contributed by atoms with van der Waals surface area (Å²) in [7, 11) is 0. The summed E-state index contributed by atoms with van der Waals surface area (Å²) in [6, 6.07) is 9.95. The highest BCUT2D eigenvalue weighted by atomic mass is 15.3. The van der Waals surface area contributed by atoms with E-state index in [9.17, 15) is 0 Å². The normalized spacial score (nSPS) is 10.0. The summed E-state index contributed by atoms with van der Waals surface area (Å²) < 4.78 is 0. The highest BCUT2D eigenvalue weighted by Crippen LogP contribution is 2.17. The van der Waals surface area contributed by atoms with Crippen molar-refractivity contribution in [2.75, 3.05) is 10.7 Å². The van der Waals surface area contributed by atoms with Crippen LogP contribution in [0.25, 0.3) is 0 Å². The maximum atomic E-state index is 5.29. The van der Waals surface area contributed by atoms with Gasteiger partial charge in [0.2, 0.25) is 0 Å². The van der Waals surface area contributed by atoms with E-state index < -0.39 is 0 Å². The molecule has 0 bridgehead atoms. The van der Waals surface area contributed by atoms with Gasteiger partial charge in [0, 0.05) is 11.8 Å². The van der Waals surface area contributed by atoms with E-state index >= 15 is 0 Å². The number of rotatable bonds is 4. The minimum atomic E-state index is 0.578. The first kappa shape index (κ1) is 11.3. The molecule has 17 heavy (non-hydrogen) atoms. The molecular weight excluding hydrogens is 214 g/mol. The van der Waals surface area contributed by atoms with Crippen LogP contribution in [0.15, 0.2) is 36.7 Å². The zero-order chi connectivity index (χ0) is 12.1. The topological polar surface area (TPSA) is 75.9 Å². The first-order valence-electron chi connectivity index (χ1n) is 5.46. The minimum Gasteiger partial charge on any atom is -0.340 e. The largest absolute Gasteiger partial charge is 0.340 e. The molecule has 0 saturated heterocycles. The van der Waals surface area contributed by atoms with E-state index in [1.165, 1.54) is 11.9 Å². The third-order valence-corrected chi connectivity index (χ3v) is 2.42. The maximum Gasteiger partial charge on any atom is 0.145 e. The fraction of sp³-hybridized carbons (Fsp3) is 0.167. The number of hydrazine groups is 1. The van der Waals surface area contributed by atoms with Gasteiger partial charge < -0.3 is 10.7 Å². The fourth-order valence-corrected chi connectivity index (χ4v) is 1.52. The number of hydrogen-bond acceptors (Lipinski definition) is 5. The van der Waals surface area contributed by atoms with Crippen LogP contribution < -0.4 is 16.6 Å². The molecule has 88 valence electrons. The second-order valence-electron chi connectivity index (χ2n) is 3.61. The Balaban J connectivity index is 2.18. The van der Waals surface area contributed by atoms with Crippen LogP contribution in [0.2, 0.25) is 0 Å². The second kappa shape index (κ2) is 5.27. The number of nitrogens with zero attached hydrogens (tertiary/aromatic N) is 2. The molecule has 0 aliphatic heterocycles. The third-order valence-electron chi connectivity index (χ3n) is 2.42. The van der Waals surface area contributed by atoms with E-state index in [-0.39, 0.29) is 0 Å². The molecule has 0 aliphatic carbocycles. The molecular formula is C12H15N5. The molecule has 5 nitrogen and oxygen atoms in total. The van der Waals surface area contributed by atoms with Crippen LogP contribution in [0.3, 0.4) is 0 Å². The van der Waals surface area contributed by atoms with Crippen molar-refractivity contribution in [3.63, 3.8) is 0 Å². The van der Waals surface area contributed by atoms with Crippen LogP contribution in [0, 0.1) is 0 Å². The van der Waals surface area contributed by atoms with Gasteiger partial charge in [0.25, 0.3) is 0 Å². The second-order valence-corrected chi connectivity index (χ2v) is 3.61. The molecule has 1 heterocycles. The molecule has 0 atom stereocenters. The summed E-state index contributed by atoms with van der Waals surface area (Å²) >= 11 is 0. The SMILES string of the molecule is CCc1cccc(Nc2cc(NN)ncn2)c1. The van der Waals surface area contributed by atoms with Crippen LogP contribution in [-0.4, -0.2) is 9.97 Å². The molecule has 1 aromatic heterocycles. The van der Waals surface area contributed by atoms with Gasteiger partial charge in [-0.2, -0.15) is 0 Å². The zero-order valence-electron chi connectivity index (χ0n) is 9.64. The van der Waals surface area contributed by atoms with Crippen molar-refractivity contribution in [2.45, 2.75) is 13.3 Å². The number of anilines is 3. The molecule has 0 aliphatic rings. The van der Waals surface area contributed by atoms with Gasteiger partial charge in [-0.3, -0.25) is 0 Å². The highest BCUT2D eigenvalue weighted by molar-refractivity contribution is 5.59. The number of nitrogens with one attached hydrogen (secondary N) is 2. The summed E-state index contributed by atoms with van der Waals surface area (Å²) in [6.07, 6.45) is 2.47. The Morgan fingerprint density at radius 3 is 2.76 bits per heavy atom. The Hall–Kier alpha value is -2.14. The van der Waals surface area contributed by atoms with Crippen molar-refractivity contribution < 1.29 is 0 Å². The smallest absolute Gasteiger partial charge is 0.145 e. The Morgan fingerprint density at radius 2 is 2.00 bits per heavy atom. The van der Waals surface area contributed by atoms with Gasteiger partial charge in [-0.1, -0.05) is 19.1 Å². The molecule has 0 spiro atoms. The zero-order valence-corrected chi connectivity index (χ0v) is 9.64. The van der Waals surface area contributed by atoms with E-state index in [2.05, 4.69) is 39.8 Å². The van der Waals surface area contributed by atoms with Crippen molar-refractivity contribution in [1.29, 1.82) is 0 Å². The van der Waals surface area contributed by atoms with E-state index in [1.807, 2.05) is 12.1 Å². The van der Waals surface area contributed by atoms with Crippen LogP contribution >= 0.6 is 0 Å². The summed E-state index contributed by atoms with van der Waals surface area (Å²) in [5.74, 6) is 6.58. The van der Waals surface area contributed by atoms with Gasteiger partial charge in [0.05, 0.1) is 0 Å². The first-order valence-corrected chi connectivity index (χ1v) is 5.46. The Bertz CT molecular complexity index is 452. The van der Waals surface area contributed by atoms with E-state index in [4.69, 9.17) is 5.84 Å². The monoisotopic (exact) mass is 229 g/mol. The lowest BCUT2D eigenvalue weighted by Gasteiger charge is -2.07. The van der Waals surface area contributed by atoms with Crippen LogP contribution in [0.4, 0.5) is 17.3 Å². The number of nitrogen functional groups attached to an aromatic ring is 1. The highest BCUT2D eigenvalue weighted by Gasteiger charge is 1.99. The predicted octanol–water partition coefficient (Wildman–Crippen LogP) is 2.07. The quantitative estimate of drug-likeness (QED) is 0.552. The lowest BCUT2D eigenvalue weighted by atomic mass is 10.1. The molecule has 4 N–H and O–H groups in total. The van der Waals surface area contributed by atoms with E-state index in [0.29, 0.717) is 11.6 Å². The molecule has 0 amide bonds. The molecule has 1 aromatic carbocycles. The van der Waals surface area contributed by atoms with Gasteiger partial charge in [0.1, 0.15) is 18.0 Å². The van der Waals surface area contributed by atoms with Gasteiger partial charge >= 0.3 is 0 Å². The van der Waals surface area contributed by atoms with Crippen molar-refractivity contribution in [2.24, 2.45) is 5.84 Å². The summed E-state index contributed by atoms with van der Waals surface area (Å²) in [5, 5.41) is 3.21. The Labute approximate surface area is 100 Å². The molecule has 0 saturated carbocycles. The standard InChI is InChI=1S/C12H15N5/c1-2-9-4-3-5-10(6-9)16-11-7-12(17-13)15-8-14-11/h3-8H,2,13H2,1H3,(H2,14,15,16,17). The number of hydrogen-bond donors (Lipinski definition) is 3. The van der Waals surface area contributed by atoms with Gasteiger partial charge in [-0.05, 0) is 24.1 Å². The van der Waals surface area contributed by atoms with Crippen molar-refractivity contribution in [3.8, 4) is 0 Å². The lowest BCUT2D eigenvalue weighted by Crippen LogP contribution is -2.09. The molecule has 0 radical (unpaired) electrons. The number of benzene rings is 1. The average molecular weight is 229 g/mol. The Morgan fingerprint density at radius 1 is 1.18 bits per heavy atom. The maximum absolute atomic E-state index is 5.29. The molecule has 0 fully saturated rings. The van der Waals surface area contributed by atoms with E-state index in [0.717, 1.165) is 12.1 Å². The Kier molecular flexibility index (Phi) is 3.52. The summed E-state index contributed by atoms with van der Waals surface area (Å²) in [4.78, 5) is 8.07. The summed E-state index contributed by atoms with van der Waals surface area (Å²) in [5.41, 5.74) is 4.77. The first-order chi connectivity index (χ1) is 8.31. The molecule has 2 aromatic rings. The lowest BCUT2D eigenvalue weighted by molar-refractivity contribution is 1.13. The van der Waals surface area contributed by atoms with Gasteiger partial charge in [-0.15, -0.1) is 0 Å². The van der Waals surface area contributed by atoms with Crippen molar-refractivity contribution in [1.82, 2.24) is 9.97 Å². The molecule has 5 heteroatoms. The average Bonchev–Trinajstić information content (AvgIpc) is 2.39. The predicted molar refractivity (Wildman–Crippen MR) is 68.9 cm³/mol. The van der Waals surface area contributed by atoms with Crippen molar-refractivity contribution >= 4 is 17.3 Å². The van der Waals surface area contributed by atoms with E-state index in [1.54, 1.807) is 6.07 Å². The third kappa shape index (κ3) is 2.92. The van der Waals surface area contributed by atoms with Gasteiger partial charge in [-0.25, -0.2) is 15.8 Å². The summed E-state index contributed by atoms with van der Waals surface area (Å²) in [6.45, 7) is 2.13. The molecule has 2 rings (SSSR count). The number of nitrogens with two attached hydrogens (primary N) is 1. The number of aromatic nitrogens is 2.